The number of nitrogens with one attached hydrogen (secondary N) is 1. The van der Waals surface area contributed by atoms with E-state index in [9.17, 15) is 4.79 Å². The van der Waals surface area contributed by atoms with Crippen LogP contribution in [0.15, 0.2) is 18.2 Å². The van der Waals surface area contributed by atoms with E-state index in [1.165, 1.54) is 0 Å². The lowest BCUT2D eigenvalue weighted by Gasteiger charge is -2.21. The van der Waals surface area contributed by atoms with Crippen molar-refractivity contribution in [2.45, 2.75) is 26.8 Å². The van der Waals surface area contributed by atoms with E-state index < -0.39 is 0 Å². The standard InChI is InChI=1S/C13H17IN2OS/c1-7(2)11(12(15)18)16-13(17)9-6-4-5-8(3)10(9)14/h4-7,11H,1-3H3,(H2,15,18)(H,16,17). The molecule has 0 aliphatic rings. The molecule has 1 atom stereocenters. The van der Waals surface area contributed by atoms with Gasteiger partial charge in [0.25, 0.3) is 5.91 Å². The Labute approximate surface area is 127 Å². The highest BCUT2D eigenvalue weighted by molar-refractivity contribution is 14.1. The van der Waals surface area contributed by atoms with Gasteiger partial charge in [0.15, 0.2) is 0 Å². The summed E-state index contributed by atoms with van der Waals surface area (Å²) in [6.07, 6.45) is 0. The SMILES string of the molecule is Cc1cccc(C(=O)NC(C(N)=S)C(C)C)c1I. The summed E-state index contributed by atoms with van der Waals surface area (Å²) in [6.45, 7) is 5.93. The van der Waals surface area contributed by atoms with Crippen LogP contribution >= 0.6 is 34.8 Å². The van der Waals surface area contributed by atoms with Gasteiger partial charge in [-0.25, -0.2) is 0 Å². The first-order chi connectivity index (χ1) is 8.34. The molecule has 1 aromatic carbocycles. The second-order valence-electron chi connectivity index (χ2n) is 4.53. The highest BCUT2D eigenvalue weighted by atomic mass is 127. The Morgan fingerprint density at radius 2 is 2.06 bits per heavy atom. The van der Waals surface area contributed by atoms with Crippen LogP contribution in [0.3, 0.4) is 0 Å². The molecule has 1 aromatic rings. The third-order valence-electron chi connectivity index (χ3n) is 2.70. The summed E-state index contributed by atoms with van der Waals surface area (Å²) in [6, 6.07) is 5.38. The Hall–Kier alpha value is -0.690. The van der Waals surface area contributed by atoms with E-state index >= 15 is 0 Å². The van der Waals surface area contributed by atoms with E-state index in [2.05, 4.69) is 27.9 Å². The van der Waals surface area contributed by atoms with Crippen molar-refractivity contribution in [2.24, 2.45) is 11.7 Å². The van der Waals surface area contributed by atoms with Crippen LogP contribution in [0.1, 0.15) is 29.8 Å². The fraction of sp³-hybridized carbons (Fsp3) is 0.385. The molecule has 0 aromatic heterocycles. The lowest BCUT2D eigenvalue weighted by molar-refractivity contribution is 0.0939. The first-order valence-electron chi connectivity index (χ1n) is 5.70. The molecule has 0 aliphatic carbocycles. The van der Waals surface area contributed by atoms with Gasteiger partial charge in [-0.2, -0.15) is 0 Å². The Kier molecular flexibility index (Phi) is 5.52. The van der Waals surface area contributed by atoms with Crippen molar-refractivity contribution in [3.8, 4) is 0 Å². The Bertz CT molecular complexity index is 474. The number of hydrogen-bond donors (Lipinski definition) is 2. The van der Waals surface area contributed by atoms with Gasteiger partial charge in [-0.05, 0) is 47.1 Å². The number of carbonyl (C=O) groups is 1. The van der Waals surface area contributed by atoms with E-state index in [1.807, 2.05) is 32.9 Å². The lowest BCUT2D eigenvalue weighted by atomic mass is 10.0. The zero-order chi connectivity index (χ0) is 13.9. The molecule has 1 unspecified atom stereocenters. The number of benzene rings is 1. The van der Waals surface area contributed by atoms with Crippen LogP contribution in [0.5, 0.6) is 0 Å². The van der Waals surface area contributed by atoms with Crippen LogP contribution in [0.25, 0.3) is 0 Å². The van der Waals surface area contributed by atoms with Crippen molar-refractivity contribution in [3.05, 3.63) is 32.9 Å². The lowest BCUT2D eigenvalue weighted by Crippen LogP contribution is -2.47. The zero-order valence-corrected chi connectivity index (χ0v) is 13.6. The van der Waals surface area contributed by atoms with Crippen molar-refractivity contribution in [3.63, 3.8) is 0 Å². The fourth-order valence-corrected chi connectivity index (χ4v) is 2.54. The summed E-state index contributed by atoms with van der Waals surface area (Å²) < 4.78 is 0.957. The maximum Gasteiger partial charge on any atom is 0.252 e. The number of nitrogens with two attached hydrogens (primary N) is 1. The van der Waals surface area contributed by atoms with Crippen molar-refractivity contribution in [2.75, 3.05) is 0 Å². The summed E-state index contributed by atoms with van der Waals surface area (Å²) in [5.74, 6) is 0.0449. The molecule has 0 saturated carbocycles. The average Bonchev–Trinajstić information content (AvgIpc) is 2.28. The molecule has 1 rings (SSSR count). The van der Waals surface area contributed by atoms with Crippen LogP contribution in [0.4, 0.5) is 0 Å². The number of hydrogen-bond acceptors (Lipinski definition) is 2. The Morgan fingerprint density at radius 1 is 1.44 bits per heavy atom. The number of amides is 1. The molecule has 0 spiro atoms. The molecule has 1 amide bonds. The highest BCUT2D eigenvalue weighted by Gasteiger charge is 2.20. The maximum absolute atomic E-state index is 12.2. The van der Waals surface area contributed by atoms with E-state index in [0.29, 0.717) is 10.6 Å². The van der Waals surface area contributed by atoms with E-state index in [0.717, 1.165) is 9.13 Å². The molecule has 5 heteroatoms. The number of rotatable bonds is 4. The van der Waals surface area contributed by atoms with Gasteiger partial charge in [-0.1, -0.05) is 38.2 Å². The van der Waals surface area contributed by atoms with Gasteiger partial charge in [0.05, 0.1) is 16.6 Å². The molecule has 0 fully saturated rings. The molecule has 98 valence electrons. The third-order valence-corrected chi connectivity index (χ3v) is 4.38. The number of aryl methyl sites for hydroxylation is 1. The molecule has 3 N–H and O–H groups in total. The molecular weight excluding hydrogens is 359 g/mol. The van der Waals surface area contributed by atoms with Crippen LogP contribution in [0.2, 0.25) is 0 Å². The predicted molar refractivity (Wildman–Crippen MR) is 86.8 cm³/mol. The molecule has 18 heavy (non-hydrogen) atoms. The van der Waals surface area contributed by atoms with Gasteiger partial charge < -0.3 is 11.1 Å². The normalized spacial score (nSPS) is 12.3. The van der Waals surface area contributed by atoms with E-state index in [1.54, 1.807) is 6.07 Å². The minimum absolute atomic E-state index is 0.130. The zero-order valence-electron chi connectivity index (χ0n) is 10.7. The van der Waals surface area contributed by atoms with Crippen molar-refractivity contribution >= 4 is 45.7 Å². The topological polar surface area (TPSA) is 55.1 Å². The number of thiocarbonyl (C=S) groups is 1. The molecule has 0 heterocycles. The van der Waals surface area contributed by atoms with Gasteiger partial charge in [-0.15, -0.1) is 0 Å². The molecule has 0 aliphatic heterocycles. The van der Waals surface area contributed by atoms with Crippen molar-refractivity contribution in [1.29, 1.82) is 0 Å². The minimum Gasteiger partial charge on any atom is -0.392 e. The number of carbonyl (C=O) groups excluding carboxylic acids is 1. The summed E-state index contributed by atoms with van der Waals surface area (Å²) >= 11 is 7.16. The summed E-state index contributed by atoms with van der Waals surface area (Å²) in [5.41, 5.74) is 7.39. The Balaban J connectivity index is 2.94. The summed E-state index contributed by atoms with van der Waals surface area (Å²) in [7, 11) is 0. The van der Waals surface area contributed by atoms with Gasteiger partial charge in [0.1, 0.15) is 0 Å². The number of halogens is 1. The molecule has 0 radical (unpaired) electrons. The van der Waals surface area contributed by atoms with Gasteiger partial charge in [-0.3, -0.25) is 4.79 Å². The van der Waals surface area contributed by atoms with Gasteiger partial charge >= 0.3 is 0 Å². The van der Waals surface area contributed by atoms with Crippen LogP contribution in [0, 0.1) is 16.4 Å². The maximum atomic E-state index is 12.2. The fourth-order valence-electron chi connectivity index (χ4n) is 1.61. The predicted octanol–water partition coefficient (Wildman–Crippen LogP) is 2.64. The molecular formula is C13H17IN2OS. The molecule has 3 nitrogen and oxygen atoms in total. The van der Waals surface area contributed by atoms with Crippen LogP contribution in [-0.2, 0) is 0 Å². The second-order valence-corrected chi connectivity index (χ2v) is 6.08. The monoisotopic (exact) mass is 376 g/mol. The van der Waals surface area contributed by atoms with Crippen molar-refractivity contribution < 1.29 is 4.79 Å². The third kappa shape index (κ3) is 3.65. The molecule has 0 saturated heterocycles. The van der Waals surface area contributed by atoms with E-state index in [4.69, 9.17) is 18.0 Å². The van der Waals surface area contributed by atoms with Crippen molar-refractivity contribution in [1.82, 2.24) is 5.32 Å². The smallest absolute Gasteiger partial charge is 0.252 e. The second kappa shape index (κ2) is 6.47. The quantitative estimate of drug-likeness (QED) is 0.628. The largest absolute Gasteiger partial charge is 0.392 e. The van der Waals surface area contributed by atoms with Crippen LogP contribution in [-0.4, -0.2) is 16.9 Å². The average molecular weight is 376 g/mol. The van der Waals surface area contributed by atoms with E-state index in [-0.39, 0.29) is 17.9 Å². The van der Waals surface area contributed by atoms with Gasteiger partial charge in [0.2, 0.25) is 0 Å². The summed E-state index contributed by atoms with van der Waals surface area (Å²) in [5, 5.41) is 2.89. The first-order valence-corrected chi connectivity index (χ1v) is 7.18. The summed E-state index contributed by atoms with van der Waals surface area (Å²) in [4.78, 5) is 12.5. The first kappa shape index (κ1) is 15.4. The minimum atomic E-state index is -0.274. The van der Waals surface area contributed by atoms with Gasteiger partial charge in [0, 0.05) is 3.57 Å². The molecule has 0 bridgehead atoms. The Morgan fingerprint density at radius 3 is 2.56 bits per heavy atom. The van der Waals surface area contributed by atoms with Crippen LogP contribution < -0.4 is 11.1 Å². The highest BCUT2D eigenvalue weighted by Crippen LogP contribution is 2.17.